The predicted octanol–water partition coefficient (Wildman–Crippen LogP) is 10.4. The highest BCUT2D eigenvalue weighted by molar-refractivity contribution is 7.99. The van der Waals surface area contributed by atoms with Crippen molar-refractivity contribution in [1.29, 1.82) is 0 Å². The zero-order valence-electron chi connectivity index (χ0n) is 21.1. The van der Waals surface area contributed by atoms with Crippen LogP contribution in [0.1, 0.15) is 0 Å². The van der Waals surface area contributed by atoms with Crippen LogP contribution in [0, 0.1) is 0 Å². The summed E-state index contributed by atoms with van der Waals surface area (Å²) in [6, 6.07) is 47.9. The first-order chi connectivity index (χ1) is 19.3. The van der Waals surface area contributed by atoms with E-state index in [2.05, 4.69) is 143 Å². The second-order valence-corrected chi connectivity index (χ2v) is 11.1. The summed E-state index contributed by atoms with van der Waals surface area (Å²) in [4.78, 5) is 9.72. The minimum absolute atomic E-state index is 1.18. The third kappa shape index (κ3) is 3.74. The van der Waals surface area contributed by atoms with Crippen molar-refractivity contribution in [2.24, 2.45) is 0 Å². The normalized spacial score (nSPS) is 11.7. The molecule has 0 atom stereocenters. The number of hydrogen-bond donors (Lipinski definition) is 2. The number of aromatic amines is 2. The van der Waals surface area contributed by atoms with Crippen molar-refractivity contribution in [1.82, 2.24) is 9.97 Å². The van der Waals surface area contributed by atoms with Gasteiger partial charge >= 0.3 is 0 Å². The summed E-state index contributed by atoms with van der Waals surface area (Å²) in [7, 11) is 0. The number of benzene rings is 6. The van der Waals surface area contributed by atoms with Crippen LogP contribution in [-0.2, 0) is 0 Å². The second kappa shape index (κ2) is 8.93. The molecule has 0 bridgehead atoms. The topological polar surface area (TPSA) is 31.6 Å². The van der Waals surface area contributed by atoms with Crippen LogP contribution in [0.2, 0.25) is 0 Å². The molecule has 0 aliphatic rings. The Morgan fingerprint density at radius 2 is 0.769 bits per heavy atom. The largest absolute Gasteiger partial charge is 0.354 e. The summed E-state index contributed by atoms with van der Waals surface area (Å²) in [5.74, 6) is 0. The Hall–Kier alpha value is -4.73. The summed E-state index contributed by atoms with van der Waals surface area (Å²) in [5, 5.41) is 5.08. The van der Waals surface area contributed by atoms with Gasteiger partial charge in [0, 0.05) is 53.5 Å². The Balaban J connectivity index is 1.07. The van der Waals surface area contributed by atoms with Crippen molar-refractivity contribution in [2.45, 2.75) is 9.79 Å². The zero-order chi connectivity index (χ0) is 25.8. The average Bonchev–Trinajstić information content (AvgIpc) is 3.57. The lowest BCUT2D eigenvalue weighted by atomic mass is 10.0. The monoisotopic (exact) mass is 516 g/mol. The van der Waals surface area contributed by atoms with Crippen LogP contribution in [0.25, 0.3) is 65.9 Å². The van der Waals surface area contributed by atoms with Crippen molar-refractivity contribution in [3.8, 4) is 22.3 Å². The van der Waals surface area contributed by atoms with Crippen LogP contribution in [0.5, 0.6) is 0 Å². The van der Waals surface area contributed by atoms with E-state index in [0.717, 1.165) is 0 Å². The van der Waals surface area contributed by atoms with E-state index in [1.54, 1.807) is 11.8 Å². The molecule has 0 amide bonds. The average molecular weight is 517 g/mol. The van der Waals surface area contributed by atoms with Gasteiger partial charge in [0.05, 0.1) is 11.0 Å². The Kier molecular flexibility index (Phi) is 5.10. The van der Waals surface area contributed by atoms with E-state index in [4.69, 9.17) is 0 Å². The van der Waals surface area contributed by atoms with Gasteiger partial charge in [-0.05, 0) is 47.5 Å². The van der Waals surface area contributed by atoms with Crippen molar-refractivity contribution in [3.05, 3.63) is 133 Å². The Morgan fingerprint density at radius 1 is 0.359 bits per heavy atom. The maximum atomic E-state index is 3.63. The van der Waals surface area contributed by atoms with Gasteiger partial charge in [0.2, 0.25) is 0 Å². The lowest BCUT2D eigenvalue weighted by Gasteiger charge is -2.08. The fraction of sp³-hybridized carbons (Fsp3) is 0. The number of H-pyrrole nitrogens is 2. The molecule has 3 heteroatoms. The molecule has 0 spiro atoms. The van der Waals surface area contributed by atoms with Crippen LogP contribution in [0.15, 0.2) is 143 Å². The number of para-hydroxylation sites is 4. The molecule has 0 aliphatic carbocycles. The third-order valence-corrected chi connectivity index (χ3v) is 8.66. The molecule has 2 N–H and O–H groups in total. The smallest absolute Gasteiger partial charge is 0.0544 e. The minimum atomic E-state index is 1.18. The van der Waals surface area contributed by atoms with E-state index >= 15 is 0 Å². The Labute approximate surface area is 230 Å². The molecule has 2 heterocycles. The van der Waals surface area contributed by atoms with Crippen molar-refractivity contribution in [3.63, 3.8) is 0 Å². The summed E-state index contributed by atoms with van der Waals surface area (Å²) in [5.41, 5.74) is 9.65. The zero-order valence-corrected chi connectivity index (χ0v) is 21.9. The standard InChI is InChI=1S/C36H24N2S/c1-3-13-33-29(7-1)31-11-5-9-27(35(31)37-33)23-15-19-25(20-16-23)39-26-21-17-24(18-22-26)28-10-6-12-32-30-8-2-4-14-34(30)38-36(28)32/h1-22,37-38H. The van der Waals surface area contributed by atoms with Gasteiger partial charge in [0.25, 0.3) is 0 Å². The van der Waals surface area contributed by atoms with Gasteiger partial charge in [-0.3, -0.25) is 0 Å². The molecule has 0 unspecified atom stereocenters. The highest BCUT2D eigenvalue weighted by atomic mass is 32.2. The van der Waals surface area contributed by atoms with Gasteiger partial charge < -0.3 is 9.97 Å². The number of nitrogens with one attached hydrogen (secondary N) is 2. The maximum absolute atomic E-state index is 3.63. The maximum Gasteiger partial charge on any atom is 0.0544 e. The summed E-state index contributed by atoms with van der Waals surface area (Å²) in [6.07, 6.45) is 0. The molecular weight excluding hydrogens is 492 g/mol. The van der Waals surface area contributed by atoms with E-state index < -0.39 is 0 Å². The highest BCUT2D eigenvalue weighted by Gasteiger charge is 2.11. The molecule has 2 nitrogen and oxygen atoms in total. The predicted molar refractivity (Wildman–Crippen MR) is 167 cm³/mol. The summed E-state index contributed by atoms with van der Waals surface area (Å²) >= 11 is 1.79. The van der Waals surface area contributed by atoms with Crippen LogP contribution in [-0.4, -0.2) is 9.97 Å². The van der Waals surface area contributed by atoms with Gasteiger partial charge in [-0.25, -0.2) is 0 Å². The second-order valence-electron chi connectivity index (χ2n) is 9.95. The Bertz CT molecular complexity index is 1980. The Morgan fingerprint density at radius 3 is 1.23 bits per heavy atom. The highest BCUT2D eigenvalue weighted by Crippen LogP contribution is 2.37. The van der Waals surface area contributed by atoms with E-state index in [1.165, 1.54) is 75.7 Å². The molecule has 39 heavy (non-hydrogen) atoms. The van der Waals surface area contributed by atoms with Crippen LogP contribution in [0.3, 0.4) is 0 Å². The number of fused-ring (bicyclic) bond motifs is 6. The van der Waals surface area contributed by atoms with Crippen LogP contribution in [0.4, 0.5) is 0 Å². The molecular formula is C36H24N2S. The van der Waals surface area contributed by atoms with E-state index in [0.29, 0.717) is 0 Å². The molecule has 6 aromatic carbocycles. The van der Waals surface area contributed by atoms with Gasteiger partial charge in [-0.1, -0.05) is 109 Å². The SMILES string of the molecule is c1ccc2c(c1)[nH]c1c(-c3ccc(Sc4ccc(-c5cccc6c5[nH]c5ccccc56)cc4)cc3)cccc12. The molecule has 184 valence electrons. The minimum Gasteiger partial charge on any atom is -0.354 e. The lowest BCUT2D eigenvalue weighted by molar-refractivity contribution is 1.40. The quantitative estimate of drug-likeness (QED) is 0.239. The third-order valence-electron chi connectivity index (χ3n) is 7.65. The molecule has 0 fully saturated rings. The fourth-order valence-electron chi connectivity index (χ4n) is 5.77. The van der Waals surface area contributed by atoms with E-state index in [1.807, 2.05) is 0 Å². The summed E-state index contributed by atoms with van der Waals surface area (Å²) < 4.78 is 0. The number of rotatable bonds is 4. The van der Waals surface area contributed by atoms with Crippen LogP contribution >= 0.6 is 11.8 Å². The van der Waals surface area contributed by atoms with Gasteiger partial charge in [0.1, 0.15) is 0 Å². The molecule has 0 saturated heterocycles. The van der Waals surface area contributed by atoms with E-state index in [-0.39, 0.29) is 0 Å². The first-order valence-corrected chi connectivity index (χ1v) is 14.0. The fourth-order valence-corrected chi connectivity index (χ4v) is 6.58. The lowest BCUT2D eigenvalue weighted by Crippen LogP contribution is -1.82. The van der Waals surface area contributed by atoms with Crippen molar-refractivity contribution < 1.29 is 0 Å². The van der Waals surface area contributed by atoms with Gasteiger partial charge in [-0.15, -0.1) is 0 Å². The van der Waals surface area contributed by atoms with Crippen molar-refractivity contribution in [2.75, 3.05) is 0 Å². The van der Waals surface area contributed by atoms with Crippen LogP contribution < -0.4 is 0 Å². The molecule has 2 aromatic heterocycles. The van der Waals surface area contributed by atoms with Crippen molar-refractivity contribution >= 4 is 55.4 Å². The first-order valence-electron chi connectivity index (χ1n) is 13.2. The van der Waals surface area contributed by atoms with E-state index in [9.17, 15) is 0 Å². The molecule has 8 rings (SSSR count). The number of aromatic nitrogens is 2. The molecule has 0 radical (unpaired) electrons. The molecule has 0 saturated carbocycles. The molecule has 0 aliphatic heterocycles. The molecule has 8 aromatic rings. The summed E-state index contributed by atoms with van der Waals surface area (Å²) in [6.45, 7) is 0. The first kappa shape index (κ1) is 22.3. The van der Waals surface area contributed by atoms with Gasteiger partial charge in [0.15, 0.2) is 0 Å². The van der Waals surface area contributed by atoms with Gasteiger partial charge in [-0.2, -0.15) is 0 Å². The number of hydrogen-bond acceptors (Lipinski definition) is 1.